The van der Waals surface area contributed by atoms with Crippen LogP contribution in [0.25, 0.3) is 5.69 Å². The molecule has 0 radical (unpaired) electrons. The summed E-state index contributed by atoms with van der Waals surface area (Å²) in [6.45, 7) is 2.03. The molecule has 1 aromatic heterocycles. The fraction of sp³-hybridized carbons (Fsp3) is 0.273. The molecule has 3 aromatic rings. The maximum atomic E-state index is 12.5. The molecular formula is C22H23N5O3. The molecule has 2 heterocycles. The predicted molar refractivity (Wildman–Crippen MR) is 114 cm³/mol. The number of carbonyl (C=O) groups is 1. The lowest BCUT2D eigenvalue weighted by Crippen LogP contribution is -2.26. The third-order valence-electron chi connectivity index (χ3n) is 5.24. The van der Waals surface area contributed by atoms with Gasteiger partial charge in [0, 0.05) is 37.5 Å². The minimum Gasteiger partial charge on any atom is -0.366 e. The number of nitro benzene ring substituents is 1. The van der Waals surface area contributed by atoms with E-state index >= 15 is 0 Å². The van der Waals surface area contributed by atoms with E-state index in [1.807, 2.05) is 41.4 Å². The van der Waals surface area contributed by atoms with E-state index in [9.17, 15) is 14.9 Å². The second-order valence-electron chi connectivity index (χ2n) is 7.29. The largest absolute Gasteiger partial charge is 0.366 e. The van der Waals surface area contributed by atoms with E-state index in [0.29, 0.717) is 24.2 Å². The van der Waals surface area contributed by atoms with Crippen molar-refractivity contribution in [3.63, 3.8) is 0 Å². The second-order valence-corrected chi connectivity index (χ2v) is 7.29. The number of benzene rings is 2. The Balaban J connectivity index is 1.38. The molecule has 8 heteroatoms. The molecule has 1 fully saturated rings. The highest BCUT2D eigenvalue weighted by atomic mass is 16.6. The molecule has 2 aromatic carbocycles. The fourth-order valence-electron chi connectivity index (χ4n) is 3.67. The summed E-state index contributed by atoms with van der Waals surface area (Å²) >= 11 is 0. The molecule has 30 heavy (non-hydrogen) atoms. The zero-order valence-corrected chi connectivity index (χ0v) is 16.5. The van der Waals surface area contributed by atoms with Crippen molar-refractivity contribution in [1.82, 2.24) is 15.1 Å². The lowest BCUT2D eigenvalue weighted by atomic mass is 10.1. The van der Waals surface area contributed by atoms with Crippen LogP contribution >= 0.6 is 0 Å². The number of para-hydroxylation sites is 1. The number of hydrogen-bond acceptors (Lipinski definition) is 5. The third kappa shape index (κ3) is 4.32. The Morgan fingerprint density at radius 3 is 2.63 bits per heavy atom. The van der Waals surface area contributed by atoms with Gasteiger partial charge in [-0.15, -0.1) is 0 Å². The SMILES string of the molecule is O=C(NCCc1cnn(-c2ccccc2)c1)c1ccc(N2CCCC2)c([N+](=O)[O-])c1. The molecule has 0 spiro atoms. The average Bonchev–Trinajstić information content (AvgIpc) is 3.46. The van der Waals surface area contributed by atoms with E-state index in [4.69, 9.17) is 0 Å². The van der Waals surface area contributed by atoms with Gasteiger partial charge < -0.3 is 10.2 Å². The summed E-state index contributed by atoms with van der Waals surface area (Å²) in [5, 5.41) is 18.7. The number of nitrogens with zero attached hydrogens (tertiary/aromatic N) is 4. The molecule has 154 valence electrons. The first-order valence-corrected chi connectivity index (χ1v) is 10.0. The Labute approximate surface area is 174 Å². The average molecular weight is 405 g/mol. The summed E-state index contributed by atoms with van der Waals surface area (Å²) < 4.78 is 1.79. The van der Waals surface area contributed by atoms with Gasteiger partial charge in [-0.2, -0.15) is 5.10 Å². The van der Waals surface area contributed by atoms with E-state index in [2.05, 4.69) is 10.4 Å². The van der Waals surface area contributed by atoms with Gasteiger partial charge in [-0.25, -0.2) is 4.68 Å². The maximum Gasteiger partial charge on any atom is 0.293 e. The van der Waals surface area contributed by atoms with Crippen molar-refractivity contribution in [1.29, 1.82) is 0 Å². The lowest BCUT2D eigenvalue weighted by molar-refractivity contribution is -0.384. The summed E-state index contributed by atoms with van der Waals surface area (Å²) in [5.41, 5.74) is 2.83. The number of carbonyl (C=O) groups excluding carboxylic acids is 1. The van der Waals surface area contributed by atoms with E-state index in [-0.39, 0.29) is 11.6 Å². The Morgan fingerprint density at radius 2 is 1.90 bits per heavy atom. The van der Waals surface area contributed by atoms with E-state index < -0.39 is 4.92 Å². The molecule has 0 atom stereocenters. The number of amides is 1. The van der Waals surface area contributed by atoms with Crippen molar-refractivity contribution >= 4 is 17.3 Å². The topological polar surface area (TPSA) is 93.3 Å². The summed E-state index contributed by atoms with van der Waals surface area (Å²) in [6.07, 6.45) is 6.37. The highest BCUT2D eigenvalue weighted by Gasteiger charge is 2.23. The molecule has 8 nitrogen and oxygen atoms in total. The van der Waals surface area contributed by atoms with Crippen molar-refractivity contribution in [2.75, 3.05) is 24.5 Å². The monoisotopic (exact) mass is 405 g/mol. The first-order valence-electron chi connectivity index (χ1n) is 10.0. The Bertz CT molecular complexity index is 1040. The summed E-state index contributed by atoms with van der Waals surface area (Å²) in [4.78, 5) is 25.6. The van der Waals surface area contributed by atoms with E-state index in [1.54, 1.807) is 23.0 Å². The highest BCUT2D eigenvalue weighted by molar-refractivity contribution is 5.95. The number of nitro groups is 1. The van der Waals surface area contributed by atoms with E-state index in [0.717, 1.165) is 37.2 Å². The van der Waals surface area contributed by atoms with Crippen LogP contribution in [0.5, 0.6) is 0 Å². The van der Waals surface area contributed by atoms with Crippen molar-refractivity contribution < 1.29 is 9.72 Å². The number of nitrogens with one attached hydrogen (secondary N) is 1. The van der Waals surface area contributed by atoms with Crippen molar-refractivity contribution in [2.45, 2.75) is 19.3 Å². The van der Waals surface area contributed by atoms with Crippen LogP contribution in [0, 0.1) is 10.1 Å². The van der Waals surface area contributed by atoms with Crippen molar-refractivity contribution in [3.8, 4) is 5.69 Å². The highest BCUT2D eigenvalue weighted by Crippen LogP contribution is 2.31. The molecule has 4 rings (SSSR count). The molecule has 1 saturated heterocycles. The second kappa shape index (κ2) is 8.77. The molecule has 0 unspecified atom stereocenters. The van der Waals surface area contributed by atoms with Gasteiger partial charge in [-0.3, -0.25) is 14.9 Å². The fourth-order valence-corrected chi connectivity index (χ4v) is 3.67. The number of rotatable bonds is 7. The Kier molecular flexibility index (Phi) is 5.74. The molecule has 1 amide bonds. The predicted octanol–water partition coefficient (Wildman–Crippen LogP) is 3.35. The Hall–Kier alpha value is -3.68. The van der Waals surface area contributed by atoms with Crippen molar-refractivity contribution in [2.24, 2.45) is 0 Å². The van der Waals surface area contributed by atoms with Crippen LogP contribution in [0.2, 0.25) is 0 Å². The minimum absolute atomic E-state index is 0.0197. The van der Waals surface area contributed by atoms with Crippen LogP contribution in [0.1, 0.15) is 28.8 Å². The van der Waals surface area contributed by atoms with E-state index in [1.165, 1.54) is 6.07 Å². The van der Waals surface area contributed by atoms with Crippen LogP contribution in [-0.2, 0) is 6.42 Å². The molecule has 0 bridgehead atoms. The number of aromatic nitrogens is 2. The standard InChI is InChI=1S/C22H23N5O3/c28-22(18-8-9-20(21(14-18)27(29)30)25-12-4-5-13-25)23-11-10-17-15-24-26(16-17)19-6-2-1-3-7-19/h1-3,6-9,14-16H,4-5,10-13H2,(H,23,28). The van der Waals surface area contributed by atoms with Crippen LogP contribution in [-0.4, -0.2) is 40.2 Å². The van der Waals surface area contributed by atoms with Gasteiger partial charge in [0.1, 0.15) is 5.69 Å². The molecule has 1 aliphatic heterocycles. The zero-order chi connectivity index (χ0) is 20.9. The van der Waals surface area contributed by atoms with Gasteiger partial charge >= 0.3 is 0 Å². The quantitative estimate of drug-likeness (QED) is 0.481. The van der Waals surface area contributed by atoms with Gasteiger partial charge in [0.05, 0.1) is 16.8 Å². The molecule has 0 saturated carbocycles. The third-order valence-corrected chi connectivity index (χ3v) is 5.24. The first-order chi connectivity index (χ1) is 14.6. The van der Waals surface area contributed by atoms with Crippen LogP contribution in [0.4, 0.5) is 11.4 Å². The summed E-state index contributed by atoms with van der Waals surface area (Å²) in [6, 6.07) is 14.5. The van der Waals surface area contributed by atoms with Gasteiger partial charge in [-0.05, 0) is 49.1 Å². The van der Waals surface area contributed by atoms with Crippen LogP contribution < -0.4 is 10.2 Å². The summed E-state index contributed by atoms with van der Waals surface area (Å²) in [7, 11) is 0. The van der Waals surface area contributed by atoms with Crippen LogP contribution in [0.3, 0.4) is 0 Å². The van der Waals surface area contributed by atoms with Gasteiger partial charge in [-0.1, -0.05) is 18.2 Å². The maximum absolute atomic E-state index is 12.5. The van der Waals surface area contributed by atoms with Gasteiger partial charge in [0.2, 0.25) is 0 Å². The first kappa shape index (κ1) is 19.6. The molecule has 1 aliphatic rings. The van der Waals surface area contributed by atoms with Gasteiger partial charge in [0.15, 0.2) is 0 Å². The number of anilines is 1. The van der Waals surface area contributed by atoms with Crippen LogP contribution in [0.15, 0.2) is 60.9 Å². The summed E-state index contributed by atoms with van der Waals surface area (Å²) in [5.74, 6) is -0.318. The molecule has 1 N–H and O–H groups in total. The Morgan fingerprint density at radius 1 is 1.13 bits per heavy atom. The lowest BCUT2D eigenvalue weighted by Gasteiger charge is -2.17. The zero-order valence-electron chi connectivity index (χ0n) is 16.5. The smallest absolute Gasteiger partial charge is 0.293 e. The normalized spacial score (nSPS) is 13.4. The minimum atomic E-state index is -0.414. The molecule has 0 aliphatic carbocycles. The van der Waals surface area contributed by atoms with Crippen molar-refractivity contribution in [3.05, 3.63) is 82.2 Å². The van der Waals surface area contributed by atoms with Gasteiger partial charge in [0.25, 0.3) is 11.6 Å². The number of hydrogen-bond donors (Lipinski definition) is 1. The molecular weight excluding hydrogens is 382 g/mol.